The van der Waals surface area contributed by atoms with Crippen molar-refractivity contribution in [3.63, 3.8) is 0 Å². The van der Waals surface area contributed by atoms with Gasteiger partial charge in [0.05, 0.1) is 101 Å². The van der Waals surface area contributed by atoms with Crippen molar-refractivity contribution in [1.29, 1.82) is 0 Å². The Labute approximate surface area is 731 Å². The van der Waals surface area contributed by atoms with Crippen LogP contribution in [0.2, 0.25) is 0 Å². The summed E-state index contributed by atoms with van der Waals surface area (Å²) in [6, 6.07) is 48.9. The number of nitrogens with one attached hydrogen (secondary N) is 1. The number of hydrogen-bond donors (Lipinski definition) is 1. The molecule has 0 saturated heterocycles. The third kappa shape index (κ3) is 19.8. The van der Waals surface area contributed by atoms with E-state index >= 15 is 8.78 Å². The summed E-state index contributed by atoms with van der Waals surface area (Å²) in [5.41, 5.74) is 3.16. The van der Waals surface area contributed by atoms with Crippen molar-refractivity contribution in [3.05, 3.63) is 313 Å². The molecule has 123 heavy (non-hydrogen) atoms. The second-order valence-corrected chi connectivity index (χ2v) is 34.4. The minimum absolute atomic E-state index is 0.00143. The first kappa shape index (κ1) is 89.0. The zero-order valence-electron chi connectivity index (χ0n) is 66.9. The van der Waals surface area contributed by atoms with Crippen LogP contribution in [-0.4, -0.2) is 104 Å². The Morgan fingerprint density at radius 2 is 0.764 bits per heavy atom. The molecule has 0 amide bonds. The van der Waals surface area contributed by atoms with Gasteiger partial charge in [-0.25, -0.2) is 81.7 Å². The predicted molar refractivity (Wildman–Crippen MR) is 466 cm³/mol. The third-order valence-corrected chi connectivity index (χ3v) is 26.2. The molecule has 6 aromatic heterocycles. The van der Waals surface area contributed by atoms with Crippen molar-refractivity contribution < 1.29 is 78.5 Å². The number of anilines is 3. The Hall–Kier alpha value is -11.7. The van der Waals surface area contributed by atoms with E-state index in [-0.39, 0.29) is 84.7 Å². The van der Waals surface area contributed by atoms with Crippen LogP contribution in [0.1, 0.15) is 91.9 Å². The molecule has 3 aliphatic carbocycles. The fourth-order valence-corrected chi connectivity index (χ4v) is 17.9. The zero-order chi connectivity index (χ0) is 87.3. The van der Waals surface area contributed by atoms with Crippen molar-refractivity contribution in [3.8, 4) is 45.8 Å². The Morgan fingerprint density at radius 3 is 1.10 bits per heavy atom. The summed E-state index contributed by atoms with van der Waals surface area (Å²) in [5, 5.41) is 1.37. The van der Waals surface area contributed by atoms with Gasteiger partial charge in [-0.2, -0.15) is 12.8 Å². The third-order valence-electron chi connectivity index (χ3n) is 20.8. The molecule has 630 valence electrons. The molecule has 6 heterocycles. The fraction of sp³-hybridized carbons (Fsp3) is 0.205. The number of pyridine rings is 3. The quantitative estimate of drug-likeness (QED) is 0.0459. The minimum atomic E-state index is -4.17. The summed E-state index contributed by atoms with van der Waals surface area (Å²) in [5.74, 6) is 1.13. The molecule has 0 unspecified atom stereocenters. The van der Waals surface area contributed by atoms with E-state index in [1.807, 2.05) is 0 Å². The Bertz CT molecular complexity index is 6730. The molecule has 0 radical (unpaired) electrons. The van der Waals surface area contributed by atoms with Crippen LogP contribution >= 0.6 is 29.6 Å². The van der Waals surface area contributed by atoms with Crippen LogP contribution in [-0.2, 0) is 59.5 Å². The summed E-state index contributed by atoms with van der Waals surface area (Å²) in [6.45, 7) is -0.0685. The molecular weight excluding hydrogens is 1830 g/mol. The van der Waals surface area contributed by atoms with Gasteiger partial charge in [-0.05, 0) is 209 Å². The molecule has 0 spiro atoms. The van der Waals surface area contributed by atoms with Crippen molar-refractivity contribution >= 4 is 110 Å². The second kappa shape index (κ2) is 39.6. The summed E-state index contributed by atoms with van der Waals surface area (Å²) in [4.78, 5) is 63.4. The number of fused-ring (bicyclic) bond motifs is 3. The monoisotopic (exact) mass is 1900 g/mol. The number of ether oxygens (including phenoxy) is 5. The molecule has 26 nitrogen and oxygen atoms in total. The van der Waals surface area contributed by atoms with Gasteiger partial charge in [0.2, 0.25) is 17.8 Å². The van der Waals surface area contributed by atoms with E-state index in [2.05, 4.69) is 70.6 Å². The van der Waals surface area contributed by atoms with Gasteiger partial charge in [0.15, 0.2) is 0 Å². The normalized spacial score (nSPS) is 13.1. The number of hydrogen-bond acceptors (Lipinski definition) is 20. The van der Waals surface area contributed by atoms with Crippen molar-refractivity contribution in [2.75, 3.05) is 48.9 Å². The van der Waals surface area contributed by atoms with Crippen LogP contribution in [0.4, 0.5) is 31.0 Å². The number of rotatable bonds is 23. The fourth-order valence-electron chi connectivity index (χ4n) is 13.8. The second-order valence-electron chi connectivity index (χ2n) is 28.2. The van der Waals surface area contributed by atoms with Gasteiger partial charge in [-0.1, -0.05) is 37.1 Å². The molecular formula is C88H79Br2F3N12O14S3Zn. The summed E-state index contributed by atoms with van der Waals surface area (Å²) < 4.78 is 162. The van der Waals surface area contributed by atoms with Gasteiger partial charge in [0.25, 0.3) is 46.7 Å². The molecule has 3 saturated carbocycles. The standard InChI is InChI=1S/C32H29FN4O5S.C28H22BrFN4O5S.C24H21FN4O4S.C4H7.BrH.Zn/c1-41-24-10-7-21(8-11-24)20-36(32-34-15-4-16-35-32)43(39,40)25-12-13-28-23(17-25)9-14-31(38)37(28)29-19-27(33)26(18-30(29)42-2)22-5-3-6-22;1-38-20-7-4-18(5-8-20)17-33(28-31-12-3-13-32-28)40(36,37)21-9-10-24-19(14-21)6-11-27(35)34(24)25-16-23(30)22(29)15-26(25)39-2;1-33-22-13-18(15-4-2-5-15)19(25)14-21(22)29-20-8-7-17(12-16(20)6-9-23(29)30)34(31,32)28-24-26-10-3-11-27-24;1-2-4-3-1;;/h4,7-19,22H,3,5-6,20H2,1-2H3;3-16H,17H2,1-2H3;3,6-15H,2,4-5H2,1H3,(H,26,27,28);1H,2-4H2;1H;/q;;;-1;;+2/p-1. The van der Waals surface area contributed by atoms with Crippen molar-refractivity contribution in [2.24, 2.45) is 0 Å². The number of halogens is 5. The van der Waals surface area contributed by atoms with E-state index in [9.17, 15) is 44.0 Å². The number of sulfonamides is 3. The predicted octanol–water partition coefficient (Wildman–Crippen LogP) is 16.9. The maximum absolute atomic E-state index is 15.3. The van der Waals surface area contributed by atoms with Crippen LogP contribution in [0.3, 0.4) is 0 Å². The van der Waals surface area contributed by atoms with Gasteiger partial charge in [-0.3, -0.25) is 28.1 Å². The van der Waals surface area contributed by atoms with Gasteiger partial charge in [0, 0.05) is 89.7 Å². The molecule has 0 atom stereocenters. The SMILES string of the molecule is COc1cc(C2CCC2)c(F)cc1-n1c(=O)ccc2cc(S(=O)(=O)Nc3ncccn3)ccc21.COc1ccc(CN(c2ncccn2)S(=O)(=O)c2ccc3c(ccc(=O)n3-c3cc(F)c(Br)cc3OC)c2)cc1.COc1ccc(CN(c2ncccn2)S(=O)(=O)c2ccc3c(ccc(=O)n3-c3cc(F)c(C4CCC4)cc3OC)c2)cc1.[CH-]1CCC1.[Zn+][Br]. The molecule has 35 heteroatoms. The van der Waals surface area contributed by atoms with Crippen LogP contribution in [0.25, 0.3) is 49.8 Å². The average Bonchev–Trinajstić information content (AvgIpc) is 0.760. The topological polar surface area (TPSA) is 310 Å². The van der Waals surface area contributed by atoms with Crippen molar-refractivity contribution in [1.82, 2.24) is 43.6 Å². The van der Waals surface area contributed by atoms with E-state index in [1.165, 1.54) is 217 Å². The molecule has 0 bridgehead atoms. The number of aromatic nitrogens is 9. The first-order valence-electron chi connectivity index (χ1n) is 38.4. The Kier molecular flexibility index (Phi) is 28.7. The molecule has 3 aliphatic rings. The molecule has 8 aromatic carbocycles. The first-order chi connectivity index (χ1) is 59.4. The first-order valence-corrected chi connectivity index (χ1v) is 50.5. The number of methoxy groups -OCH3 is 5. The van der Waals surface area contributed by atoms with Crippen LogP contribution in [0.15, 0.2) is 265 Å². The van der Waals surface area contributed by atoms with Gasteiger partial charge in [-0.15, -0.1) is 6.42 Å². The van der Waals surface area contributed by atoms with E-state index in [4.69, 9.17) is 23.7 Å². The van der Waals surface area contributed by atoms with E-state index in [1.54, 1.807) is 99.1 Å². The molecule has 0 aliphatic heterocycles. The zero-order valence-corrected chi connectivity index (χ0v) is 75.5. The number of nitrogens with zero attached hydrogens (tertiary/aromatic N) is 11. The van der Waals surface area contributed by atoms with Crippen LogP contribution in [0, 0.1) is 23.9 Å². The Balaban J connectivity index is 0.000000154. The number of benzene rings is 8. The summed E-state index contributed by atoms with van der Waals surface area (Å²) in [6.07, 6.45) is 21.0. The van der Waals surface area contributed by atoms with E-state index in [0.29, 0.717) is 78.0 Å². The van der Waals surface area contributed by atoms with E-state index < -0.39 is 64.2 Å². The molecule has 17 rings (SSSR count). The summed E-state index contributed by atoms with van der Waals surface area (Å²) in [7, 11) is -4.86. The molecule has 3 fully saturated rings. The Morgan fingerprint density at radius 1 is 0.431 bits per heavy atom. The average molecular weight is 1910 g/mol. The maximum atomic E-state index is 15.3. The van der Waals surface area contributed by atoms with E-state index in [0.717, 1.165) is 47.1 Å². The van der Waals surface area contributed by atoms with Gasteiger partial charge >= 0.3 is 30.0 Å². The molecule has 1 N–H and O–H groups in total. The van der Waals surface area contributed by atoms with Crippen LogP contribution in [0.5, 0.6) is 28.7 Å². The molecule has 14 aromatic rings. The van der Waals surface area contributed by atoms with Crippen LogP contribution < -0.4 is 53.7 Å². The van der Waals surface area contributed by atoms with Gasteiger partial charge < -0.3 is 30.1 Å². The van der Waals surface area contributed by atoms with Gasteiger partial charge in [0.1, 0.15) is 46.2 Å². The summed E-state index contributed by atoms with van der Waals surface area (Å²) >= 11 is 7.38. The van der Waals surface area contributed by atoms with Crippen molar-refractivity contribution in [2.45, 2.75) is 97.4 Å².